The molecule has 0 saturated carbocycles. The second-order valence-corrected chi connectivity index (χ2v) is 7.18. The number of nitrogens with zero attached hydrogens (tertiary/aromatic N) is 4. The molecule has 1 fully saturated rings. The van der Waals surface area contributed by atoms with Gasteiger partial charge in [-0.1, -0.05) is 12.1 Å². The lowest BCUT2D eigenvalue weighted by Gasteiger charge is -2.29. The van der Waals surface area contributed by atoms with Crippen molar-refractivity contribution in [2.45, 2.75) is 32.0 Å². The molecule has 2 aliphatic heterocycles. The molecular formula is C20H22N6O3. The van der Waals surface area contributed by atoms with Crippen LogP contribution in [0.15, 0.2) is 36.5 Å². The summed E-state index contributed by atoms with van der Waals surface area (Å²) in [6.07, 6.45) is 2.21. The predicted octanol–water partition coefficient (Wildman–Crippen LogP) is 0.203. The molecular weight excluding hydrogens is 372 g/mol. The molecule has 1 aromatic heterocycles. The maximum absolute atomic E-state index is 13.0. The zero-order chi connectivity index (χ0) is 20.4. The van der Waals surface area contributed by atoms with Gasteiger partial charge >= 0.3 is 0 Å². The smallest absolute Gasteiger partial charge is 0.255 e. The number of rotatable bonds is 6. The zero-order valence-electron chi connectivity index (χ0n) is 15.9. The number of carbonyl (C=O) groups is 3. The van der Waals surface area contributed by atoms with Gasteiger partial charge in [-0.15, -0.1) is 5.10 Å². The van der Waals surface area contributed by atoms with E-state index in [1.165, 1.54) is 0 Å². The minimum Gasteiger partial charge on any atom is -0.350 e. The first-order valence-corrected chi connectivity index (χ1v) is 9.56. The van der Waals surface area contributed by atoms with E-state index in [1.807, 2.05) is 35.2 Å². The number of imide groups is 1. The minimum absolute atomic E-state index is 0.179. The molecule has 150 valence electrons. The largest absolute Gasteiger partial charge is 0.350 e. The fourth-order valence-electron chi connectivity index (χ4n) is 3.81. The first-order valence-electron chi connectivity index (χ1n) is 9.56. The van der Waals surface area contributed by atoms with Crippen LogP contribution in [0.5, 0.6) is 0 Å². The number of amides is 3. The van der Waals surface area contributed by atoms with Crippen molar-refractivity contribution in [1.29, 1.82) is 0 Å². The summed E-state index contributed by atoms with van der Waals surface area (Å²) in [6, 6.07) is 8.83. The molecule has 9 nitrogen and oxygen atoms in total. The Morgan fingerprint density at radius 1 is 1.24 bits per heavy atom. The highest BCUT2D eigenvalue weighted by Crippen LogP contribution is 2.28. The second kappa shape index (κ2) is 7.96. The van der Waals surface area contributed by atoms with Crippen LogP contribution in [0.1, 0.15) is 34.3 Å². The summed E-state index contributed by atoms with van der Waals surface area (Å²) in [5, 5.41) is 10.4. The highest BCUT2D eigenvalue weighted by Gasteiger charge is 2.39. The van der Waals surface area contributed by atoms with Crippen molar-refractivity contribution in [3.05, 3.63) is 53.2 Å². The van der Waals surface area contributed by atoms with E-state index >= 15 is 0 Å². The normalized spacial score (nSPS) is 18.6. The number of fused-ring (bicyclic) bond motifs is 1. The van der Waals surface area contributed by atoms with Crippen LogP contribution < -0.4 is 16.0 Å². The molecule has 0 radical (unpaired) electrons. The second-order valence-electron chi connectivity index (χ2n) is 7.18. The molecule has 29 heavy (non-hydrogen) atoms. The maximum Gasteiger partial charge on any atom is 0.255 e. The highest BCUT2D eigenvalue weighted by atomic mass is 16.2. The molecule has 1 atom stereocenters. The number of hydrogen-bond donors (Lipinski definition) is 2. The lowest BCUT2D eigenvalue weighted by molar-refractivity contribution is -0.136. The zero-order valence-corrected chi connectivity index (χ0v) is 15.9. The molecule has 2 aromatic rings. The van der Waals surface area contributed by atoms with E-state index in [0.29, 0.717) is 38.2 Å². The van der Waals surface area contributed by atoms with Gasteiger partial charge in [-0.3, -0.25) is 19.7 Å². The minimum atomic E-state index is -0.607. The van der Waals surface area contributed by atoms with Crippen molar-refractivity contribution in [3.63, 3.8) is 0 Å². The first kappa shape index (κ1) is 19.0. The fourth-order valence-corrected chi connectivity index (χ4v) is 3.81. The fraction of sp³-hybridized carbons (Fsp3) is 0.350. The monoisotopic (exact) mass is 394 g/mol. The Bertz CT molecular complexity index is 948. The Kier molecular flexibility index (Phi) is 5.22. The topological polar surface area (TPSA) is 122 Å². The van der Waals surface area contributed by atoms with E-state index in [0.717, 1.165) is 16.9 Å². The third-order valence-corrected chi connectivity index (χ3v) is 5.25. The third kappa shape index (κ3) is 3.81. The number of nitrogens with two attached hydrogens (primary N) is 1. The van der Waals surface area contributed by atoms with Crippen LogP contribution in [0, 0.1) is 0 Å². The lowest BCUT2D eigenvalue weighted by atomic mass is 10.0. The summed E-state index contributed by atoms with van der Waals surface area (Å²) in [5.41, 5.74) is 8.17. The number of piperidine rings is 1. The maximum atomic E-state index is 13.0. The predicted molar refractivity (Wildman–Crippen MR) is 105 cm³/mol. The van der Waals surface area contributed by atoms with Crippen molar-refractivity contribution in [2.24, 2.45) is 5.73 Å². The van der Waals surface area contributed by atoms with Crippen molar-refractivity contribution in [3.8, 4) is 0 Å². The van der Waals surface area contributed by atoms with Gasteiger partial charge in [0.2, 0.25) is 11.8 Å². The molecule has 3 heterocycles. The molecule has 4 rings (SSSR count). The SMILES string of the molecule is NCCN(Cc1ccc2c(c1)C(=O)N(C1CCC(=O)NC1=O)C2)c1cccnn1. The van der Waals surface area contributed by atoms with E-state index in [2.05, 4.69) is 15.5 Å². The average Bonchev–Trinajstić information content (AvgIpc) is 3.04. The molecule has 2 aliphatic rings. The molecule has 0 aliphatic carbocycles. The molecule has 0 spiro atoms. The number of anilines is 1. The van der Waals surface area contributed by atoms with E-state index in [4.69, 9.17) is 5.73 Å². The van der Waals surface area contributed by atoms with Gasteiger partial charge in [0, 0.05) is 44.4 Å². The van der Waals surface area contributed by atoms with E-state index < -0.39 is 11.9 Å². The van der Waals surface area contributed by atoms with Crippen LogP contribution in [0.3, 0.4) is 0 Å². The summed E-state index contributed by atoms with van der Waals surface area (Å²) in [4.78, 5) is 40.1. The number of benzene rings is 1. The summed E-state index contributed by atoms with van der Waals surface area (Å²) in [6.45, 7) is 1.97. The van der Waals surface area contributed by atoms with Crippen molar-refractivity contribution < 1.29 is 14.4 Å². The quantitative estimate of drug-likeness (QED) is 0.671. The standard InChI is InChI=1S/C20H22N6O3/c21-7-9-25(17-2-1-8-22-24-17)11-13-3-4-14-12-26(20(29)15(14)10-13)16-5-6-18(27)23-19(16)28/h1-4,8,10,16H,5-7,9,11-12,21H2,(H,23,27,28). The third-order valence-electron chi connectivity index (χ3n) is 5.25. The molecule has 1 saturated heterocycles. The Labute approximate surface area is 167 Å². The molecule has 3 amide bonds. The van der Waals surface area contributed by atoms with Gasteiger partial charge in [0.05, 0.1) is 0 Å². The first-order chi connectivity index (χ1) is 14.1. The molecule has 0 bridgehead atoms. The summed E-state index contributed by atoms with van der Waals surface area (Å²) < 4.78 is 0. The van der Waals surface area contributed by atoms with Crippen molar-refractivity contribution in [2.75, 3.05) is 18.0 Å². The molecule has 1 unspecified atom stereocenters. The lowest BCUT2D eigenvalue weighted by Crippen LogP contribution is -2.52. The Morgan fingerprint density at radius 2 is 2.10 bits per heavy atom. The van der Waals surface area contributed by atoms with Gasteiger partial charge in [-0.25, -0.2) is 0 Å². The van der Waals surface area contributed by atoms with Gasteiger partial charge < -0.3 is 15.5 Å². The molecule has 9 heteroatoms. The number of carbonyl (C=O) groups excluding carboxylic acids is 3. The number of aromatic nitrogens is 2. The van der Waals surface area contributed by atoms with Gasteiger partial charge in [0.1, 0.15) is 6.04 Å². The Morgan fingerprint density at radius 3 is 2.83 bits per heavy atom. The van der Waals surface area contributed by atoms with E-state index in [9.17, 15) is 14.4 Å². The van der Waals surface area contributed by atoms with Crippen LogP contribution in [0.4, 0.5) is 5.82 Å². The molecule has 1 aromatic carbocycles. The molecule has 3 N–H and O–H groups in total. The van der Waals surface area contributed by atoms with E-state index in [-0.39, 0.29) is 18.2 Å². The average molecular weight is 394 g/mol. The van der Waals surface area contributed by atoms with Crippen molar-refractivity contribution >= 4 is 23.5 Å². The number of hydrogen-bond acceptors (Lipinski definition) is 7. The summed E-state index contributed by atoms with van der Waals surface area (Å²) in [5.74, 6) is -0.155. The Balaban J connectivity index is 1.53. The highest BCUT2D eigenvalue weighted by molar-refractivity contribution is 6.05. The van der Waals surface area contributed by atoms with Gasteiger partial charge in [0.15, 0.2) is 5.82 Å². The van der Waals surface area contributed by atoms with Gasteiger partial charge in [-0.05, 0) is 35.7 Å². The van der Waals surface area contributed by atoms with E-state index in [1.54, 1.807) is 11.1 Å². The summed E-state index contributed by atoms with van der Waals surface area (Å²) in [7, 11) is 0. The van der Waals surface area contributed by atoms with Crippen LogP contribution >= 0.6 is 0 Å². The van der Waals surface area contributed by atoms with Crippen LogP contribution in [0.25, 0.3) is 0 Å². The number of nitrogens with one attached hydrogen (secondary N) is 1. The van der Waals surface area contributed by atoms with Gasteiger partial charge in [-0.2, -0.15) is 5.10 Å². The van der Waals surface area contributed by atoms with Gasteiger partial charge in [0.25, 0.3) is 5.91 Å². The van der Waals surface area contributed by atoms with Crippen molar-refractivity contribution in [1.82, 2.24) is 20.4 Å². The van der Waals surface area contributed by atoms with Crippen LogP contribution in [-0.2, 0) is 22.7 Å². The van der Waals surface area contributed by atoms with Crippen LogP contribution in [-0.4, -0.2) is 52.0 Å². The summed E-state index contributed by atoms with van der Waals surface area (Å²) >= 11 is 0. The van der Waals surface area contributed by atoms with Crippen LogP contribution in [0.2, 0.25) is 0 Å². The Hall–Kier alpha value is -3.33.